The topological polar surface area (TPSA) is 82.6 Å². The fourth-order valence-corrected chi connectivity index (χ4v) is 7.30. The van der Waals surface area contributed by atoms with Gasteiger partial charge in [-0.15, -0.1) is 0 Å². The van der Waals surface area contributed by atoms with Gasteiger partial charge in [-0.25, -0.2) is 8.42 Å². The highest BCUT2D eigenvalue weighted by Crippen LogP contribution is 2.28. The molecule has 1 N–H and O–H groups in total. The lowest BCUT2D eigenvalue weighted by Gasteiger charge is -2.37. The minimum absolute atomic E-state index is 0.0511. The predicted molar refractivity (Wildman–Crippen MR) is 174 cm³/mol. The third-order valence-electron chi connectivity index (χ3n) is 8.03. The molecule has 1 amide bonds. The van der Waals surface area contributed by atoms with E-state index in [2.05, 4.69) is 20.1 Å². The number of carbonyl (C=O) groups is 1. The van der Waals surface area contributed by atoms with Gasteiger partial charge in [0, 0.05) is 68.0 Å². The van der Waals surface area contributed by atoms with Crippen molar-refractivity contribution in [1.82, 2.24) is 4.98 Å². The molecule has 43 heavy (non-hydrogen) atoms. The summed E-state index contributed by atoms with van der Waals surface area (Å²) in [5.74, 6) is -0.873. The van der Waals surface area contributed by atoms with Crippen molar-refractivity contribution in [2.75, 3.05) is 47.0 Å². The molecular formula is C35H34N4O3S. The fourth-order valence-electron chi connectivity index (χ4n) is 5.69. The minimum atomic E-state index is -3.65. The standard InChI is InChI=1S/C35H34N4O3S/c40-35(37-31-11-13-32(14-12-31)38-20-22-39(23-21-38)33-16-18-36-19-17-33)25-30(27-6-2-1-3-7-27)26-43(41,42)34-15-10-28-8-4-5-9-29(28)24-34/h1-19,24,30H,20-23,25-26H2,(H,37,40). The van der Waals surface area contributed by atoms with Crippen LogP contribution in [0.2, 0.25) is 0 Å². The molecule has 1 aliphatic heterocycles. The van der Waals surface area contributed by atoms with Crippen molar-refractivity contribution < 1.29 is 13.2 Å². The number of rotatable bonds is 9. The van der Waals surface area contributed by atoms with Crippen molar-refractivity contribution in [3.8, 4) is 0 Å². The third kappa shape index (κ3) is 6.87. The van der Waals surface area contributed by atoms with Crippen LogP contribution in [0.5, 0.6) is 0 Å². The van der Waals surface area contributed by atoms with Crippen LogP contribution >= 0.6 is 0 Å². The number of sulfone groups is 1. The summed E-state index contributed by atoms with van der Waals surface area (Å²) in [5.41, 5.74) is 3.80. The Morgan fingerprint density at radius 2 is 1.33 bits per heavy atom. The van der Waals surface area contributed by atoms with Crippen LogP contribution in [0.3, 0.4) is 0 Å². The predicted octanol–water partition coefficient (Wildman–Crippen LogP) is 6.15. The number of amides is 1. The summed E-state index contributed by atoms with van der Waals surface area (Å²) in [6.45, 7) is 3.65. The lowest BCUT2D eigenvalue weighted by atomic mass is 9.97. The second-order valence-electron chi connectivity index (χ2n) is 10.9. The zero-order valence-corrected chi connectivity index (χ0v) is 24.7. The number of aromatic nitrogens is 1. The number of hydrogen-bond donors (Lipinski definition) is 1. The zero-order valence-electron chi connectivity index (χ0n) is 23.8. The van der Waals surface area contributed by atoms with E-state index in [0.29, 0.717) is 5.69 Å². The van der Waals surface area contributed by atoms with E-state index >= 15 is 0 Å². The van der Waals surface area contributed by atoms with E-state index in [9.17, 15) is 13.2 Å². The molecule has 1 atom stereocenters. The van der Waals surface area contributed by atoms with Crippen molar-refractivity contribution in [1.29, 1.82) is 0 Å². The second kappa shape index (κ2) is 12.7. The van der Waals surface area contributed by atoms with E-state index in [0.717, 1.165) is 48.2 Å². The van der Waals surface area contributed by atoms with E-state index < -0.39 is 15.8 Å². The quantitative estimate of drug-likeness (QED) is 0.222. The fraction of sp³-hybridized carbons (Fsp3) is 0.200. The van der Waals surface area contributed by atoms with E-state index in [1.54, 1.807) is 12.1 Å². The van der Waals surface area contributed by atoms with E-state index in [-0.39, 0.29) is 23.0 Å². The Kier molecular flexibility index (Phi) is 8.38. The zero-order chi connectivity index (χ0) is 29.6. The normalized spacial score (nSPS) is 14.4. The van der Waals surface area contributed by atoms with Crippen molar-refractivity contribution in [3.05, 3.63) is 127 Å². The van der Waals surface area contributed by atoms with Crippen molar-refractivity contribution >= 4 is 43.6 Å². The number of piperazine rings is 1. The Morgan fingerprint density at radius 3 is 2.00 bits per heavy atom. The van der Waals surface area contributed by atoms with Crippen LogP contribution in [0, 0.1) is 0 Å². The highest BCUT2D eigenvalue weighted by atomic mass is 32.2. The average molecular weight is 591 g/mol. The van der Waals surface area contributed by atoms with Crippen LogP contribution in [0.25, 0.3) is 10.8 Å². The lowest BCUT2D eigenvalue weighted by Crippen LogP contribution is -2.46. The number of hydrogen-bond acceptors (Lipinski definition) is 6. The van der Waals surface area contributed by atoms with Gasteiger partial charge >= 0.3 is 0 Å². The SMILES string of the molecule is O=C(CC(CS(=O)(=O)c1ccc2ccccc2c1)c1ccccc1)Nc1ccc(N2CCN(c3ccncc3)CC2)cc1. The Balaban J connectivity index is 1.10. The molecule has 7 nitrogen and oxygen atoms in total. The number of carbonyl (C=O) groups excluding carboxylic acids is 1. The van der Waals surface area contributed by atoms with Gasteiger partial charge in [-0.3, -0.25) is 9.78 Å². The number of nitrogens with one attached hydrogen (secondary N) is 1. The molecule has 1 fully saturated rings. The Morgan fingerprint density at radius 1 is 0.721 bits per heavy atom. The molecule has 0 spiro atoms. The van der Waals surface area contributed by atoms with Crippen LogP contribution in [0.15, 0.2) is 126 Å². The molecule has 4 aromatic carbocycles. The summed E-state index contributed by atoms with van der Waals surface area (Å²) in [7, 11) is -3.65. The first-order valence-electron chi connectivity index (χ1n) is 14.5. The molecular weight excluding hydrogens is 556 g/mol. The van der Waals surface area contributed by atoms with E-state index in [1.807, 2.05) is 109 Å². The minimum Gasteiger partial charge on any atom is -0.368 e. The number of anilines is 3. The molecule has 0 saturated carbocycles. The van der Waals surface area contributed by atoms with Crippen LogP contribution in [-0.2, 0) is 14.6 Å². The highest BCUT2D eigenvalue weighted by molar-refractivity contribution is 7.91. The summed E-state index contributed by atoms with van der Waals surface area (Å²) in [6, 6.07) is 34.2. The van der Waals surface area contributed by atoms with Gasteiger partial charge in [-0.05, 0) is 64.9 Å². The van der Waals surface area contributed by atoms with Crippen molar-refractivity contribution in [3.63, 3.8) is 0 Å². The number of pyridine rings is 1. The summed E-state index contributed by atoms with van der Waals surface area (Å²) < 4.78 is 27.1. The van der Waals surface area contributed by atoms with Gasteiger partial charge in [0.15, 0.2) is 9.84 Å². The average Bonchev–Trinajstić information content (AvgIpc) is 3.05. The first kappa shape index (κ1) is 28.4. The van der Waals surface area contributed by atoms with Crippen LogP contribution in [-0.4, -0.2) is 51.2 Å². The number of nitrogens with zero attached hydrogens (tertiary/aromatic N) is 3. The van der Waals surface area contributed by atoms with E-state index in [1.165, 1.54) is 5.69 Å². The van der Waals surface area contributed by atoms with Gasteiger partial charge in [0.25, 0.3) is 0 Å². The Bertz CT molecular complexity index is 1790. The molecule has 0 bridgehead atoms. The number of benzene rings is 4. The molecule has 8 heteroatoms. The summed E-state index contributed by atoms with van der Waals surface area (Å²) in [6.07, 6.45) is 3.69. The lowest BCUT2D eigenvalue weighted by molar-refractivity contribution is -0.116. The third-order valence-corrected chi connectivity index (χ3v) is 9.84. The van der Waals surface area contributed by atoms with Gasteiger partial charge in [0.05, 0.1) is 10.6 Å². The van der Waals surface area contributed by atoms with Crippen LogP contribution < -0.4 is 15.1 Å². The molecule has 218 valence electrons. The monoisotopic (exact) mass is 590 g/mol. The Hall–Kier alpha value is -4.69. The van der Waals surface area contributed by atoms with E-state index in [4.69, 9.17) is 0 Å². The maximum Gasteiger partial charge on any atom is 0.225 e. The smallest absolute Gasteiger partial charge is 0.225 e. The van der Waals surface area contributed by atoms with Gasteiger partial charge < -0.3 is 15.1 Å². The molecule has 1 unspecified atom stereocenters. The summed E-state index contributed by atoms with van der Waals surface area (Å²) in [4.78, 5) is 22.3. The van der Waals surface area contributed by atoms with Crippen molar-refractivity contribution in [2.45, 2.75) is 17.2 Å². The van der Waals surface area contributed by atoms with Crippen molar-refractivity contribution in [2.24, 2.45) is 0 Å². The maximum absolute atomic E-state index is 13.5. The number of fused-ring (bicyclic) bond motifs is 1. The summed E-state index contributed by atoms with van der Waals surface area (Å²) in [5, 5.41) is 4.84. The Labute approximate surface area is 252 Å². The maximum atomic E-state index is 13.5. The molecule has 1 aliphatic rings. The van der Waals surface area contributed by atoms with Gasteiger partial charge in [-0.2, -0.15) is 0 Å². The molecule has 2 heterocycles. The highest BCUT2D eigenvalue weighted by Gasteiger charge is 2.25. The second-order valence-corrected chi connectivity index (χ2v) is 12.9. The van der Waals surface area contributed by atoms with Crippen LogP contribution in [0.1, 0.15) is 17.9 Å². The first-order chi connectivity index (χ1) is 20.9. The largest absolute Gasteiger partial charge is 0.368 e. The molecule has 5 aromatic rings. The molecule has 6 rings (SSSR count). The molecule has 1 aromatic heterocycles. The first-order valence-corrected chi connectivity index (χ1v) is 16.2. The summed E-state index contributed by atoms with van der Waals surface area (Å²) >= 11 is 0. The molecule has 0 aliphatic carbocycles. The van der Waals surface area contributed by atoms with Gasteiger partial charge in [0.1, 0.15) is 0 Å². The van der Waals surface area contributed by atoms with Gasteiger partial charge in [0.2, 0.25) is 5.91 Å². The van der Waals surface area contributed by atoms with Crippen LogP contribution in [0.4, 0.5) is 17.1 Å². The molecule has 1 saturated heterocycles. The molecule has 0 radical (unpaired) electrons. The van der Waals surface area contributed by atoms with Gasteiger partial charge in [-0.1, -0.05) is 60.7 Å².